The predicted molar refractivity (Wildman–Crippen MR) is 119 cm³/mol. The number of hydrogen-bond acceptors (Lipinski definition) is 4. The molecule has 4 nitrogen and oxygen atoms in total. The number of alkyl halides is 1. The summed E-state index contributed by atoms with van der Waals surface area (Å²) < 4.78 is 12.9. The highest BCUT2D eigenvalue weighted by atomic mass is 35.5. The fourth-order valence-corrected chi connectivity index (χ4v) is 7.40. The van der Waals surface area contributed by atoms with Crippen LogP contribution in [0, 0.1) is 11.8 Å². The topological polar surface area (TPSA) is 80.6 Å². The molecule has 5 atom stereocenters. The third kappa shape index (κ3) is 6.03. The minimum absolute atomic E-state index is 0.0455. The van der Waals surface area contributed by atoms with Crippen molar-refractivity contribution in [2.24, 2.45) is 11.8 Å². The summed E-state index contributed by atoms with van der Waals surface area (Å²) in [5.41, 5.74) is 0. The minimum atomic E-state index is -1.34. The van der Waals surface area contributed by atoms with Gasteiger partial charge in [-0.15, -0.1) is 22.9 Å². The van der Waals surface area contributed by atoms with Crippen molar-refractivity contribution in [2.75, 3.05) is 5.75 Å². The molecule has 0 radical (unpaired) electrons. The van der Waals surface area contributed by atoms with Gasteiger partial charge in [0.1, 0.15) is 10.6 Å². The molecule has 2 N–H and O–H groups in total. The number of thiophene rings is 1. The summed E-state index contributed by atoms with van der Waals surface area (Å²) in [6, 6.07) is 8.31. The lowest BCUT2D eigenvalue weighted by Crippen LogP contribution is -2.29. The number of benzene rings is 1. The maximum Gasteiger partial charge on any atom is 0.345 e. The largest absolute Gasteiger partial charge is 0.611 e. The molecule has 9 heteroatoms. The Morgan fingerprint density at radius 3 is 2.52 bits per heavy atom. The van der Waals surface area contributed by atoms with Crippen LogP contribution in [-0.4, -0.2) is 38.0 Å². The average molecular weight is 496 g/mol. The molecule has 0 spiro atoms. The third-order valence-electron chi connectivity index (χ3n) is 5.25. The minimum Gasteiger partial charge on any atom is -0.611 e. The quantitative estimate of drug-likeness (QED) is 0.375. The van der Waals surface area contributed by atoms with Crippen LogP contribution < -0.4 is 0 Å². The van der Waals surface area contributed by atoms with E-state index in [1.807, 2.05) is 6.07 Å². The maximum atomic E-state index is 12.9. The van der Waals surface area contributed by atoms with Crippen LogP contribution in [0.15, 0.2) is 35.2 Å². The van der Waals surface area contributed by atoms with Gasteiger partial charge in [0.05, 0.1) is 6.10 Å². The van der Waals surface area contributed by atoms with E-state index in [4.69, 9.17) is 39.9 Å². The zero-order valence-electron chi connectivity index (χ0n) is 15.4. The van der Waals surface area contributed by atoms with E-state index in [0.717, 1.165) is 24.1 Å². The highest BCUT2D eigenvalue weighted by Crippen LogP contribution is 2.41. The molecule has 3 rings (SSSR count). The Hall–Kier alpha value is -0.470. The molecule has 1 heterocycles. The van der Waals surface area contributed by atoms with E-state index >= 15 is 0 Å². The second-order valence-electron chi connectivity index (χ2n) is 7.23. The summed E-state index contributed by atoms with van der Waals surface area (Å²) in [7, 11) is 0. The van der Waals surface area contributed by atoms with Gasteiger partial charge < -0.3 is 14.8 Å². The SMILES string of the molecule is O=C(O)c1ccc(CCC[C@H]2C(Cl)C[C@@H](O)[C@@H]2C[S+]([O-])c2cc(Cl)cc(Cl)c2)s1. The van der Waals surface area contributed by atoms with Crippen molar-refractivity contribution in [3.8, 4) is 0 Å². The molecular formula is C20H21Cl3O4S2. The van der Waals surface area contributed by atoms with Crippen LogP contribution in [0.2, 0.25) is 10.0 Å². The van der Waals surface area contributed by atoms with Crippen molar-refractivity contribution < 1.29 is 19.6 Å². The van der Waals surface area contributed by atoms with Gasteiger partial charge in [0.15, 0.2) is 4.90 Å². The van der Waals surface area contributed by atoms with Gasteiger partial charge in [0.25, 0.3) is 0 Å². The van der Waals surface area contributed by atoms with Crippen LogP contribution in [0.1, 0.15) is 33.8 Å². The van der Waals surface area contributed by atoms with E-state index in [2.05, 4.69) is 0 Å². The van der Waals surface area contributed by atoms with Crippen molar-refractivity contribution in [1.82, 2.24) is 0 Å². The molecular weight excluding hydrogens is 475 g/mol. The zero-order valence-corrected chi connectivity index (χ0v) is 19.3. The fourth-order valence-electron chi connectivity index (χ4n) is 3.83. The Balaban J connectivity index is 1.61. The number of carboxylic acid groups (broad SMARTS) is 1. The molecule has 29 heavy (non-hydrogen) atoms. The predicted octanol–water partition coefficient (Wildman–Crippen LogP) is 5.49. The van der Waals surface area contributed by atoms with E-state index < -0.39 is 23.2 Å². The molecule has 1 aromatic heterocycles. The highest BCUT2D eigenvalue weighted by Gasteiger charge is 2.43. The molecule has 158 valence electrons. The van der Waals surface area contributed by atoms with E-state index in [-0.39, 0.29) is 17.2 Å². The van der Waals surface area contributed by atoms with Gasteiger partial charge in [0.2, 0.25) is 0 Å². The van der Waals surface area contributed by atoms with E-state index in [9.17, 15) is 14.5 Å². The Labute approximate surface area is 192 Å². The summed E-state index contributed by atoms with van der Waals surface area (Å²) >= 11 is 18.5. The number of carboxylic acids is 1. The molecule has 0 aliphatic heterocycles. The van der Waals surface area contributed by atoms with Crippen LogP contribution in [-0.2, 0) is 17.6 Å². The summed E-state index contributed by atoms with van der Waals surface area (Å²) in [5, 5.41) is 20.2. The van der Waals surface area contributed by atoms with Crippen LogP contribution in [0.5, 0.6) is 0 Å². The Bertz CT molecular complexity index is 840. The number of aliphatic hydroxyl groups excluding tert-OH is 1. The summed E-state index contributed by atoms with van der Waals surface area (Å²) in [5.74, 6) is -0.740. The summed E-state index contributed by atoms with van der Waals surface area (Å²) in [6.07, 6.45) is 2.25. The lowest BCUT2D eigenvalue weighted by Gasteiger charge is -2.24. The van der Waals surface area contributed by atoms with E-state index in [1.165, 1.54) is 11.3 Å². The molecule has 0 bridgehead atoms. The van der Waals surface area contributed by atoms with Gasteiger partial charge in [-0.3, -0.25) is 0 Å². The Kier molecular flexibility index (Phi) is 8.18. The number of rotatable bonds is 8. The number of hydrogen-bond donors (Lipinski definition) is 2. The summed E-state index contributed by atoms with van der Waals surface area (Å²) in [6.45, 7) is 0. The monoisotopic (exact) mass is 494 g/mol. The standard InChI is InChI=1S/C20H21Cl3O4S2/c21-11-6-12(22)8-14(7-11)29(27)10-16-15(17(23)9-18(16)24)3-1-2-13-4-5-19(28-13)20(25)26/h4-8,15-18,24H,1-3,9-10H2,(H,25,26)/t15-,16-,17?,18-,29?/m1/s1. The number of carbonyl (C=O) groups is 1. The molecule has 0 saturated heterocycles. The van der Waals surface area contributed by atoms with Crippen molar-refractivity contribution in [3.05, 3.63) is 50.1 Å². The van der Waals surface area contributed by atoms with Gasteiger partial charge in [-0.1, -0.05) is 23.2 Å². The number of aromatic carboxylic acids is 1. The Morgan fingerprint density at radius 2 is 1.90 bits per heavy atom. The van der Waals surface area contributed by atoms with Gasteiger partial charge in [0, 0.05) is 38.4 Å². The highest BCUT2D eigenvalue weighted by molar-refractivity contribution is 7.91. The lowest BCUT2D eigenvalue weighted by molar-refractivity contribution is 0.0702. The van der Waals surface area contributed by atoms with Crippen LogP contribution in [0.3, 0.4) is 0 Å². The Morgan fingerprint density at radius 1 is 1.21 bits per heavy atom. The molecule has 1 saturated carbocycles. The van der Waals surface area contributed by atoms with Crippen LogP contribution in [0.4, 0.5) is 0 Å². The van der Waals surface area contributed by atoms with Crippen molar-refractivity contribution in [1.29, 1.82) is 0 Å². The maximum absolute atomic E-state index is 12.9. The van der Waals surface area contributed by atoms with Gasteiger partial charge in [-0.25, -0.2) is 4.79 Å². The molecule has 1 aliphatic carbocycles. The second kappa shape index (κ2) is 10.2. The first-order valence-corrected chi connectivity index (χ1v) is 12.6. The lowest BCUT2D eigenvalue weighted by atomic mass is 9.91. The first kappa shape index (κ1) is 23.2. The first-order valence-electron chi connectivity index (χ1n) is 9.23. The molecule has 2 unspecified atom stereocenters. The molecule has 0 amide bonds. The van der Waals surface area contributed by atoms with Gasteiger partial charge in [-0.2, -0.15) is 0 Å². The van der Waals surface area contributed by atoms with Crippen molar-refractivity contribution in [2.45, 2.75) is 42.1 Å². The van der Waals surface area contributed by atoms with Gasteiger partial charge >= 0.3 is 5.97 Å². The smallest absolute Gasteiger partial charge is 0.345 e. The molecule has 1 fully saturated rings. The van der Waals surface area contributed by atoms with Crippen molar-refractivity contribution in [3.63, 3.8) is 0 Å². The number of halogens is 3. The second-order valence-corrected chi connectivity index (χ2v) is 11.3. The number of aliphatic hydroxyl groups is 1. The zero-order chi connectivity index (χ0) is 21.1. The summed E-state index contributed by atoms with van der Waals surface area (Å²) in [4.78, 5) is 12.9. The molecule has 2 aromatic rings. The number of aryl methyl sites for hydroxylation is 1. The average Bonchev–Trinajstić information content (AvgIpc) is 3.21. The molecule has 1 aromatic carbocycles. The van der Waals surface area contributed by atoms with Crippen LogP contribution >= 0.6 is 46.1 Å². The van der Waals surface area contributed by atoms with Crippen molar-refractivity contribution >= 4 is 63.3 Å². The molecule has 1 aliphatic rings. The van der Waals surface area contributed by atoms with E-state index in [0.29, 0.717) is 32.0 Å². The third-order valence-corrected chi connectivity index (χ3v) is 8.77. The fraction of sp³-hybridized carbons (Fsp3) is 0.450. The normalized spacial score (nSPS) is 25.3. The van der Waals surface area contributed by atoms with E-state index in [1.54, 1.807) is 24.3 Å². The van der Waals surface area contributed by atoms with Crippen LogP contribution in [0.25, 0.3) is 0 Å². The first-order chi connectivity index (χ1) is 13.7. The van der Waals surface area contributed by atoms with Gasteiger partial charge in [-0.05, 0) is 61.0 Å².